The summed E-state index contributed by atoms with van der Waals surface area (Å²) < 4.78 is 17.1. The average molecular weight is 421 g/mol. The van der Waals surface area contributed by atoms with E-state index in [1.54, 1.807) is 39.2 Å². The molecule has 2 heterocycles. The number of ether oxygens (including phenoxy) is 3. The van der Waals surface area contributed by atoms with Gasteiger partial charge in [-0.3, -0.25) is 9.59 Å². The number of fused-ring (bicyclic) bond motifs is 1. The molecule has 0 fully saturated rings. The van der Waals surface area contributed by atoms with E-state index in [0.29, 0.717) is 23.7 Å². The summed E-state index contributed by atoms with van der Waals surface area (Å²) >= 11 is 0. The third kappa shape index (κ3) is 4.09. The van der Waals surface area contributed by atoms with Crippen LogP contribution in [-0.4, -0.2) is 29.6 Å². The lowest BCUT2D eigenvalue weighted by molar-refractivity contribution is -0.129. The SMILES string of the molecule is COc1ccc(CNC(=O)C(C)(C)n2nc(-c3ccc4c(c3)OCO4)ccc2=O)cc1. The number of amides is 1. The number of rotatable bonds is 6. The topological polar surface area (TPSA) is 91.7 Å². The smallest absolute Gasteiger partial charge is 0.267 e. The minimum Gasteiger partial charge on any atom is -0.497 e. The number of carbonyl (C=O) groups excluding carboxylic acids is 1. The summed E-state index contributed by atoms with van der Waals surface area (Å²) in [6.45, 7) is 3.82. The molecule has 4 rings (SSSR count). The van der Waals surface area contributed by atoms with E-state index in [9.17, 15) is 9.59 Å². The molecule has 0 saturated heterocycles. The van der Waals surface area contributed by atoms with Gasteiger partial charge in [0.15, 0.2) is 11.5 Å². The Hall–Kier alpha value is -3.81. The van der Waals surface area contributed by atoms with Crippen molar-refractivity contribution in [1.29, 1.82) is 0 Å². The zero-order valence-electron chi connectivity index (χ0n) is 17.5. The van der Waals surface area contributed by atoms with Gasteiger partial charge in [0, 0.05) is 18.2 Å². The maximum atomic E-state index is 12.9. The van der Waals surface area contributed by atoms with Gasteiger partial charge < -0.3 is 19.5 Å². The largest absolute Gasteiger partial charge is 0.497 e. The number of hydrogen-bond acceptors (Lipinski definition) is 6. The Bertz CT molecular complexity index is 1170. The number of nitrogens with zero attached hydrogens (tertiary/aromatic N) is 2. The molecule has 0 unspecified atom stereocenters. The Kier molecular flexibility index (Phi) is 5.37. The van der Waals surface area contributed by atoms with Crippen molar-refractivity contribution in [3.63, 3.8) is 0 Å². The molecule has 0 radical (unpaired) electrons. The molecule has 1 amide bonds. The predicted octanol–water partition coefficient (Wildman–Crippen LogP) is 2.70. The molecule has 31 heavy (non-hydrogen) atoms. The quantitative estimate of drug-likeness (QED) is 0.658. The van der Waals surface area contributed by atoms with Crippen LogP contribution in [0.25, 0.3) is 11.3 Å². The first-order valence-corrected chi connectivity index (χ1v) is 9.80. The highest BCUT2D eigenvalue weighted by atomic mass is 16.7. The standard InChI is InChI=1S/C23H23N3O5/c1-23(2,22(28)24-13-15-4-7-17(29-3)8-5-15)26-21(27)11-9-18(25-26)16-6-10-19-20(12-16)31-14-30-19/h4-12H,13-14H2,1-3H3,(H,24,28). The van der Waals surface area contributed by atoms with Crippen molar-refractivity contribution in [1.82, 2.24) is 15.1 Å². The van der Waals surface area contributed by atoms with Crippen LogP contribution in [0.4, 0.5) is 0 Å². The normalized spacial score (nSPS) is 12.5. The van der Waals surface area contributed by atoms with E-state index in [1.165, 1.54) is 10.7 Å². The number of hydrogen-bond donors (Lipinski definition) is 1. The van der Waals surface area contributed by atoms with Crippen LogP contribution in [0, 0.1) is 0 Å². The molecule has 1 aliphatic heterocycles. The summed E-state index contributed by atoms with van der Waals surface area (Å²) in [6, 6.07) is 15.9. The van der Waals surface area contributed by atoms with Gasteiger partial charge in [0.2, 0.25) is 12.7 Å². The highest BCUT2D eigenvalue weighted by molar-refractivity contribution is 5.83. The maximum absolute atomic E-state index is 12.9. The molecule has 2 aromatic carbocycles. The molecule has 0 spiro atoms. The number of methoxy groups -OCH3 is 1. The second-order valence-corrected chi connectivity index (χ2v) is 7.63. The summed E-state index contributed by atoms with van der Waals surface area (Å²) in [4.78, 5) is 25.5. The second kappa shape index (κ2) is 8.14. The second-order valence-electron chi connectivity index (χ2n) is 7.63. The zero-order valence-corrected chi connectivity index (χ0v) is 17.5. The van der Waals surface area contributed by atoms with Gasteiger partial charge in [-0.05, 0) is 55.8 Å². The van der Waals surface area contributed by atoms with Gasteiger partial charge >= 0.3 is 0 Å². The predicted molar refractivity (Wildman–Crippen MR) is 114 cm³/mol. The number of nitrogens with one attached hydrogen (secondary N) is 1. The molecule has 160 valence electrons. The van der Waals surface area contributed by atoms with Crippen molar-refractivity contribution in [2.75, 3.05) is 13.9 Å². The third-order valence-corrected chi connectivity index (χ3v) is 5.17. The van der Waals surface area contributed by atoms with E-state index in [2.05, 4.69) is 10.4 Å². The van der Waals surface area contributed by atoms with Gasteiger partial charge in [0.05, 0.1) is 12.8 Å². The van der Waals surface area contributed by atoms with Gasteiger partial charge in [-0.25, -0.2) is 4.68 Å². The van der Waals surface area contributed by atoms with Gasteiger partial charge in [0.1, 0.15) is 11.3 Å². The molecule has 1 aromatic heterocycles. The fourth-order valence-corrected chi connectivity index (χ4v) is 3.26. The lowest BCUT2D eigenvalue weighted by atomic mass is 10.0. The fraction of sp³-hybridized carbons (Fsp3) is 0.261. The summed E-state index contributed by atoms with van der Waals surface area (Å²) in [5, 5.41) is 7.35. The molecule has 0 aliphatic carbocycles. The molecular weight excluding hydrogens is 398 g/mol. The molecule has 1 aliphatic rings. The number of aromatic nitrogens is 2. The van der Waals surface area contributed by atoms with E-state index in [0.717, 1.165) is 16.9 Å². The highest BCUT2D eigenvalue weighted by Gasteiger charge is 2.32. The van der Waals surface area contributed by atoms with E-state index in [4.69, 9.17) is 14.2 Å². The lowest BCUT2D eigenvalue weighted by Gasteiger charge is -2.25. The monoisotopic (exact) mass is 421 g/mol. The lowest BCUT2D eigenvalue weighted by Crippen LogP contribution is -2.49. The van der Waals surface area contributed by atoms with Crippen LogP contribution < -0.4 is 25.1 Å². The molecule has 3 aromatic rings. The van der Waals surface area contributed by atoms with E-state index < -0.39 is 5.54 Å². The molecule has 1 N–H and O–H groups in total. The minimum absolute atomic E-state index is 0.174. The van der Waals surface area contributed by atoms with Crippen molar-refractivity contribution in [3.8, 4) is 28.5 Å². The van der Waals surface area contributed by atoms with Gasteiger partial charge in [0.25, 0.3) is 5.56 Å². The van der Waals surface area contributed by atoms with E-state index >= 15 is 0 Å². The molecule has 0 bridgehead atoms. The first kappa shape index (κ1) is 20.5. The molecule has 0 saturated carbocycles. The van der Waals surface area contributed by atoms with Crippen molar-refractivity contribution in [3.05, 3.63) is 70.5 Å². The minimum atomic E-state index is -1.20. The van der Waals surface area contributed by atoms with Crippen LogP contribution >= 0.6 is 0 Å². The Balaban J connectivity index is 1.55. The van der Waals surface area contributed by atoms with Crippen molar-refractivity contribution in [2.24, 2.45) is 0 Å². The first-order chi connectivity index (χ1) is 14.9. The molecule has 8 heteroatoms. The average Bonchev–Trinajstić information content (AvgIpc) is 3.26. The Labute approximate surface area is 179 Å². The van der Waals surface area contributed by atoms with E-state index in [1.807, 2.05) is 30.3 Å². The summed E-state index contributed by atoms with van der Waals surface area (Å²) in [5.74, 6) is 1.70. The van der Waals surface area contributed by atoms with Crippen LogP contribution in [0.3, 0.4) is 0 Å². The van der Waals surface area contributed by atoms with Crippen molar-refractivity contribution < 1.29 is 19.0 Å². The van der Waals surface area contributed by atoms with Crippen LogP contribution in [0.1, 0.15) is 19.4 Å². The van der Waals surface area contributed by atoms with Gasteiger partial charge in [-0.1, -0.05) is 12.1 Å². The zero-order chi connectivity index (χ0) is 22.0. The van der Waals surface area contributed by atoms with Crippen LogP contribution in [0.5, 0.6) is 17.2 Å². The molecule has 8 nitrogen and oxygen atoms in total. The maximum Gasteiger partial charge on any atom is 0.267 e. The Morgan fingerprint density at radius 1 is 1.10 bits per heavy atom. The summed E-state index contributed by atoms with van der Waals surface area (Å²) in [5.41, 5.74) is 0.658. The number of benzene rings is 2. The van der Waals surface area contributed by atoms with Crippen LogP contribution in [0.15, 0.2) is 59.4 Å². The summed E-state index contributed by atoms with van der Waals surface area (Å²) in [6.07, 6.45) is 0. The Morgan fingerprint density at radius 3 is 2.58 bits per heavy atom. The molecule has 0 atom stereocenters. The van der Waals surface area contributed by atoms with Crippen molar-refractivity contribution >= 4 is 5.91 Å². The highest BCUT2D eigenvalue weighted by Crippen LogP contribution is 2.35. The van der Waals surface area contributed by atoms with Gasteiger partial charge in [-0.15, -0.1) is 0 Å². The first-order valence-electron chi connectivity index (χ1n) is 9.80. The third-order valence-electron chi connectivity index (χ3n) is 5.17. The summed E-state index contributed by atoms with van der Waals surface area (Å²) in [7, 11) is 1.60. The Morgan fingerprint density at radius 2 is 1.84 bits per heavy atom. The fourth-order valence-electron chi connectivity index (χ4n) is 3.26. The number of carbonyl (C=O) groups is 1. The van der Waals surface area contributed by atoms with Crippen LogP contribution in [-0.2, 0) is 16.9 Å². The van der Waals surface area contributed by atoms with Crippen LogP contribution in [0.2, 0.25) is 0 Å². The van der Waals surface area contributed by atoms with Crippen molar-refractivity contribution in [2.45, 2.75) is 25.9 Å². The van der Waals surface area contributed by atoms with Gasteiger partial charge in [-0.2, -0.15) is 5.10 Å². The van der Waals surface area contributed by atoms with E-state index in [-0.39, 0.29) is 18.3 Å². The molecular formula is C23H23N3O5.